The molecule has 6 heteroatoms. The van der Waals surface area contributed by atoms with E-state index < -0.39 is 7.12 Å². The molecule has 1 aromatic carbocycles. The molecule has 0 fully saturated rings. The van der Waals surface area contributed by atoms with Gasteiger partial charge in [0.25, 0.3) is 0 Å². The Hall–Kier alpha value is -0.685. The summed E-state index contributed by atoms with van der Waals surface area (Å²) < 4.78 is 10.1. The second-order valence-corrected chi connectivity index (χ2v) is 4.94. The molecule has 18 heavy (non-hydrogen) atoms. The van der Waals surface area contributed by atoms with Gasteiger partial charge in [0.15, 0.2) is 0 Å². The monoisotopic (exact) mass is 270 g/mol. The van der Waals surface area contributed by atoms with E-state index in [0.717, 1.165) is 35.8 Å². The van der Waals surface area contributed by atoms with Crippen LogP contribution in [0.1, 0.15) is 12.0 Å². The first-order valence-electron chi connectivity index (χ1n) is 5.78. The van der Waals surface area contributed by atoms with Gasteiger partial charge in [-0.1, -0.05) is 6.07 Å². The maximum Gasteiger partial charge on any atom is 0.488 e. The van der Waals surface area contributed by atoms with Crippen LogP contribution in [-0.2, 0) is 10.5 Å². The van der Waals surface area contributed by atoms with E-state index in [9.17, 15) is 10.0 Å². The molecule has 0 aliphatic carbocycles. The standard InChI is InChI=1S/C12H19BO4S/c1-16-6-3-7-18-9-10-8-11(17-2)4-5-12(10)13(14)15/h4-5,8,14-15H,3,6-7,9H2,1-2H3. The summed E-state index contributed by atoms with van der Waals surface area (Å²) in [7, 11) is 1.85. The lowest BCUT2D eigenvalue weighted by molar-refractivity contribution is 0.200. The number of methoxy groups -OCH3 is 2. The summed E-state index contributed by atoms with van der Waals surface area (Å²) in [6.07, 6.45) is 0.988. The first-order chi connectivity index (χ1) is 8.69. The van der Waals surface area contributed by atoms with E-state index in [2.05, 4.69) is 0 Å². The van der Waals surface area contributed by atoms with Crippen molar-refractivity contribution in [3.05, 3.63) is 23.8 Å². The van der Waals surface area contributed by atoms with Crippen LogP contribution in [0.2, 0.25) is 0 Å². The second-order valence-electron chi connectivity index (χ2n) is 3.84. The van der Waals surface area contributed by atoms with Crippen molar-refractivity contribution >= 4 is 24.3 Å². The van der Waals surface area contributed by atoms with Crippen LogP contribution < -0.4 is 10.2 Å². The number of ether oxygens (including phenoxy) is 2. The topological polar surface area (TPSA) is 58.9 Å². The zero-order chi connectivity index (χ0) is 13.4. The van der Waals surface area contributed by atoms with E-state index in [1.807, 2.05) is 6.07 Å². The molecule has 0 heterocycles. The van der Waals surface area contributed by atoms with Gasteiger partial charge in [-0.25, -0.2) is 0 Å². The minimum atomic E-state index is -1.44. The van der Waals surface area contributed by atoms with Gasteiger partial charge in [-0.15, -0.1) is 0 Å². The lowest BCUT2D eigenvalue weighted by Gasteiger charge is -2.10. The van der Waals surface area contributed by atoms with E-state index in [4.69, 9.17) is 9.47 Å². The molecule has 0 aliphatic heterocycles. The van der Waals surface area contributed by atoms with Gasteiger partial charge in [0, 0.05) is 19.5 Å². The van der Waals surface area contributed by atoms with Crippen LogP contribution in [0.4, 0.5) is 0 Å². The van der Waals surface area contributed by atoms with Gasteiger partial charge in [-0.2, -0.15) is 11.8 Å². The Bertz CT molecular complexity index is 360. The zero-order valence-electron chi connectivity index (χ0n) is 10.8. The predicted octanol–water partition coefficient (Wildman–Crippen LogP) is 0.645. The van der Waals surface area contributed by atoms with Crippen LogP contribution in [0.3, 0.4) is 0 Å². The van der Waals surface area contributed by atoms with Crippen LogP contribution >= 0.6 is 11.8 Å². The highest BCUT2D eigenvalue weighted by Crippen LogP contribution is 2.17. The number of thioether (sulfide) groups is 1. The van der Waals surface area contributed by atoms with Crippen LogP contribution in [0, 0.1) is 0 Å². The average Bonchev–Trinajstić information content (AvgIpc) is 2.38. The van der Waals surface area contributed by atoms with Crippen molar-refractivity contribution in [1.82, 2.24) is 0 Å². The summed E-state index contributed by atoms with van der Waals surface area (Å²) in [5, 5.41) is 18.6. The summed E-state index contributed by atoms with van der Waals surface area (Å²) in [5.74, 6) is 2.44. The minimum Gasteiger partial charge on any atom is -0.497 e. The maximum atomic E-state index is 9.29. The third-order valence-corrected chi connectivity index (χ3v) is 3.62. The summed E-state index contributed by atoms with van der Waals surface area (Å²) in [6, 6.07) is 5.26. The van der Waals surface area contributed by atoms with E-state index in [0.29, 0.717) is 5.46 Å². The zero-order valence-corrected chi connectivity index (χ0v) is 11.6. The fraction of sp³-hybridized carbons (Fsp3) is 0.500. The summed E-state index contributed by atoms with van der Waals surface area (Å²) >= 11 is 1.74. The van der Waals surface area contributed by atoms with Gasteiger partial charge in [0.2, 0.25) is 0 Å². The molecule has 0 saturated carbocycles. The molecule has 0 bridgehead atoms. The third-order valence-electron chi connectivity index (χ3n) is 2.52. The number of hydrogen-bond donors (Lipinski definition) is 2. The number of hydrogen-bond acceptors (Lipinski definition) is 5. The Labute approximate surface area is 112 Å². The molecule has 2 N–H and O–H groups in total. The van der Waals surface area contributed by atoms with Crippen molar-refractivity contribution in [3.8, 4) is 5.75 Å². The summed E-state index contributed by atoms with van der Waals surface area (Å²) in [4.78, 5) is 0. The molecule has 0 aromatic heterocycles. The molecule has 1 rings (SSSR count). The van der Waals surface area contributed by atoms with Gasteiger partial charge < -0.3 is 19.5 Å². The highest BCUT2D eigenvalue weighted by Gasteiger charge is 2.16. The molecular weight excluding hydrogens is 251 g/mol. The van der Waals surface area contributed by atoms with Crippen LogP contribution in [0.25, 0.3) is 0 Å². The smallest absolute Gasteiger partial charge is 0.488 e. The third kappa shape index (κ3) is 4.90. The molecule has 0 atom stereocenters. The molecule has 0 radical (unpaired) electrons. The second kappa shape index (κ2) is 8.42. The number of benzene rings is 1. The Kier molecular flexibility index (Phi) is 7.19. The molecular formula is C12H19BO4S. The first-order valence-corrected chi connectivity index (χ1v) is 6.94. The van der Waals surface area contributed by atoms with E-state index in [1.165, 1.54) is 0 Å². The molecule has 0 saturated heterocycles. The van der Waals surface area contributed by atoms with Gasteiger partial charge in [0.05, 0.1) is 7.11 Å². The Morgan fingerprint density at radius 2 is 2.06 bits per heavy atom. The van der Waals surface area contributed by atoms with E-state index in [1.54, 1.807) is 38.1 Å². The Balaban J connectivity index is 2.60. The first kappa shape index (κ1) is 15.4. The van der Waals surface area contributed by atoms with Gasteiger partial charge in [0.1, 0.15) is 5.75 Å². The molecule has 100 valence electrons. The average molecular weight is 270 g/mol. The SMILES string of the molecule is COCCCSCc1cc(OC)ccc1B(O)O. The molecule has 0 spiro atoms. The van der Waals surface area contributed by atoms with Crippen molar-refractivity contribution in [3.63, 3.8) is 0 Å². The summed E-state index contributed by atoms with van der Waals surface area (Å²) in [5.41, 5.74) is 1.43. The van der Waals surface area contributed by atoms with Crippen molar-refractivity contribution in [2.45, 2.75) is 12.2 Å². The lowest BCUT2D eigenvalue weighted by atomic mass is 9.77. The molecule has 1 aromatic rings. The van der Waals surface area contributed by atoms with Crippen molar-refractivity contribution in [1.29, 1.82) is 0 Å². The van der Waals surface area contributed by atoms with Crippen LogP contribution in [0.5, 0.6) is 5.75 Å². The fourth-order valence-electron chi connectivity index (χ4n) is 1.57. The van der Waals surface area contributed by atoms with Crippen LogP contribution in [-0.4, -0.2) is 43.7 Å². The lowest BCUT2D eigenvalue weighted by Crippen LogP contribution is -2.32. The van der Waals surface area contributed by atoms with Crippen molar-refractivity contribution in [2.24, 2.45) is 0 Å². The van der Waals surface area contributed by atoms with Gasteiger partial charge in [-0.05, 0) is 35.3 Å². The Morgan fingerprint density at radius 3 is 2.67 bits per heavy atom. The Morgan fingerprint density at radius 1 is 1.28 bits per heavy atom. The van der Waals surface area contributed by atoms with Crippen molar-refractivity contribution in [2.75, 3.05) is 26.6 Å². The normalized spacial score (nSPS) is 10.4. The molecule has 0 unspecified atom stereocenters. The van der Waals surface area contributed by atoms with Crippen molar-refractivity contribution < 1.29 is 19.5 Å². The number of rotatable bonds is 8. The quantitative estimate of drug-likeness (QED) is 0.536. The van der Waals surface area contributed by atoms with Crippen LogP contribution in [0.15, 0.2) is 18.2 Å². The highest BCUT2D eigenvalue weighted by atomic mass is 32.2. The predicted molar refractivity (Wildman–Crippen MR) is 75.5 cm³/mol. The molecule has 4 nitrogen and oxygen atoms in total. The van der Waals surface area contributed by atoms with Gasteiger partial charge >= 0.3 is 7.12 Å². The highest BCUT2D eigenvalue weighted by molar-refractivity contribution is 7.98. The fourth-order valence-corrected chi connectivity index (χ4v) is 2.51. The van der Waals surface area contributed by atoms with E-state index >= 15 is 0 Å². The molecule has 0 amide bonds. The maximum absolute atomic E-state index is 9.29. The minimum absolute atomic E-state index is 0.537. The largest absolute Gasteiger partial charge is 0.497 e. The molecule has 0 aliphatic rings. The van der Waals surface area contributed by atoms with Gasteiger partial charge in [-0.3, -0.25) is 0 Å². The van der Waals surface area contributed by atoms with E-state index in [-0.39, 0.29) is 0 Å². The summed E-state index contributed by atoms with van der Waals surface area (Å²) in [6.45, 7) is 0.751.